The van der Waals surface area contributed by atoms with E-state index in [4.69, 9.17) is 14.5 Å². The number of carbonyl (C=O) groups excluding carboxylic acids is 1. The monoisotopic (exact) mass is 391 g/mol. The van der Waals surface area contributed by atoms with E-state index in [2.05, 4.69) is 4.90 Å². The van der Waals surface area contributed by atoms with Gasteiger partial charge in [0, 0.05) is 32.6 Å². The van der Waals surface area contributed by atoms with Gasteiger partial charge in [-0.1, -0.05) is 24.3 Å². The summed E-state index contributed by atoms with van der Waals surface area (Å²) in [6, 6.07) is 5.95. The number of anilines is 1. The molecule has 0 aliphatic carbocycles. The number of fused-ring (bicyclic) bond motifs is 1. The Balaban J connectivity index is 1.74. The van der Waals surface area contributed by atoms with E-state index in [1.54, 1.807) is 11.3 Å². The molecule has 1 fully saturated rings. The van der Waals surface area contributed by atoms with Gasteiger partial charge in [-0.05, 0) is 31.9 Å². The van der Waals surface area contributed by atoms with Crippen LogP contribution in [0.1, 0.15) is 33.1 Å². The molecular formula is C20H29N3O3S. The first-order chi connectivity index (χ1) is 13.2. The van der Waals surface area contributed by atoms with Crippen molar-refractivity contribution in [3.63, 3.8) is 0 Å². The molecule has 148 valence electrons. The minimum absolute atomic E-state index is 0.150. The normalized spacial score (nSPS) is 15.2. The Morgan fingerprint density at radius 1 is 1.33 bits per heavy atom. The molecule has 27 heavy (non-hydrogen) atoms. The highest BCUT2D eigenvalue weighted by molar-refractivity contribution is 7.22. The van der Waals surface area contributed by atoms with E-state index < -0.39 is 0 Å². The molecule has 1 aliphatic rings. The first kappa shape index (κ1) is 20.0. The van der Waals surface area contributed by atoms with Gasteiger partial charge >= 0.3 is 0 Å². The number of benzene rings is 1. The highest BCUT2D eigenvalue weighted by atomic mass is 32.1. The number of hydrogen-bond acceptors (Lipinski definition) is 6. The number of aromatic nitrogens is 1. The second-order valence-electron chi connectivity index (χ2n) is 6.64. The molecule has 1 saturated heterocycles. The molecule has 1 amide bonds. The smallest absolute Gasteiger partial charge is 0.228 e. The Kier molecular flexibility index (Phi) is 7.43. The van der Waals surface area contributed by atoms with E-state index in [0.29, 0.717) is 19.6 Å². The van der Waals surface area contributed by atoms with Crippen molar-refractivity contribution < 1.29 is 14.3 Å². The average Bonchev–Trinajstić information content (AvgIpc) is 3.11. The van der Waals surface area contributed by atoms with Crippen molar-refractivity contribution in [2.24, 2.45) is 0 Å². The maximum Gasteiger partial charge on any atom is 0.228 e. The SMILES string of the molecule is CCCC(=O)N(CCCN1CCOCC1)c1nc2c(OCC)cccc2s1. The number of carbonyl (C=O) groups is 1. The summed E-state index contributed by atoms with van der Waals surface area (Å²) >= 11 is 1.57. The van der Waals surface area contributed by atoms with E-state index in [1.807, 2.05) is 36.9 Å². The Bertz CT molecular complexity index is 743. The summed E-state index contributed by atoms with van der Waals surface area (Å²) in [7, 11) is 0. The molecule has 1 aromatic carbocycles. The quantitative estimate of drug-likeness (QED) is 0.654. The first-order valence-corrected chi connectivity index (χ1v) is 10.7. The second kappa shape index (κ2) is 10.0. The number of amides is 1. The van der Waals surface area contributed by atoms with Gasteiger partial charge in [0.2, 0.25) is 5.91 Å². The lowest BCUT2D eigenvalue weighted by molar-refractivity contribution is -0.118. The molecule has 1 aliphatic heterocycles. The van der Waals surface area contributed by atoms with Crippen molar-refractivity contribution in [3.8, 4) is 5.75 Å². The fourth-order valence-corrected chi connectivity index (χ4v) is 4.28. The minimum Gasteiger partial charge on any atom is -0.492 e. The third-order valence-corrected chi connectivity index (χ3v) is 5.67. The van der Waals surface area contributed by atoms with Gasteiger partial charge in [0.05, 0.1) is 24.5 Å². The van der Waals surface area contributed by atoms with E-state index in [0.717, 1.165) is 66.8 Å². The van der Waals surface area contributed by atoms with Gasteiger partial charge in [0.15, 0.2) is 5.13 Å². The van der Waals surface area contributed by atoms with Crippen molar-refractivity contribution in [3.05, 3.63) is 18.2 Å². The van der Waals surface area contributed by atoms with Crippen LogP contribution in [0.25, 0.3) is 10.2 Å². The predicted molar refractivity (Wildman–Crippen MR) is 110 cm³/mol. The number of morpholine rings is 1. The summed E-state index contributed by atoms with van der Waals surface area (Å²) in [6.07, 6.45) is 2.32. The summed E-state index contributed by atoms with van der Waals surface area (Å²) in [5, 5.41) is 0.776. The van der Waals surface area contributed by atoms with Crippen LogP contribution >= 0.6 is 11.3 Å². The van der Waals surface area contributed by atoms with Crippen LogP contribution in [-0.4, -0.2) is 61.8 Å². The molecule has 0 spiro atoms. The van der Waals surface area contributed by atoms with E-state index in [9.17, 15) is 4.79 Å². The molecule has 6 nitrogen and oxygen atoms in total. The van der Waals surface area contributed by atoms with E-state index in [1.165, 1.54) is 0 Å². The lowest BCUT2D eigenvalue weighted by Crippen LogP contribution is -2.39. The van der Waals surface area contributed by atoms with Gasteiger partial charge in [0.25, 0.3) is 0 Å². The van der Waals surface area contributed by atoms with Crippen molar-refractivity contribution in [1.29, 1.82) is 0 Å². The fourth-order valence-electron chi connectivity index (χ4n) is 3.25. The number of hydrogen-bond donors (Lipinski definition) is 0. The molecule has 1 aromatic heterocycles. The number of thiazole rings is 1. The topological polar surface area (TPSA) is 54.9 Å². The van der Waals surface area contributed by atoms with Crippen LogP contribution < -0.4 is 9.64 Å². The second-order valence-corrected chi connectivity index (χ2v) is 7.64. The maximum atomic E-state index is 12.7. The first-order valence-electron chi connectivity index (χ1n) is 9.85. The van der Waals surface area contributed by atoms with Gasteiger partial charge in [0.1, 0.15) is 11.3 Å². The van der Waals surface area contributed by atoms with Crippen LogP contribution in [0.4, 0.5) is 5.13 Å². The van der Waals surface area contributed by atoms with Crippen LogP contribution in [0.15, 0.2) is 18.2 Å². The van der Waals surface area contributed by atoms with Gasteiger partial charge in [-0.3, -0.25) is 14.6 Å². The molecule has 0 unspecified atom stereocenters. The summed E-state index contributed by atoms with van der Waals surface area (Å²) in [5.41, 5.74) is 0.849. The highest BCUT2D eigenvalue weighted by Gasteiger charge is 2.20. The molecule has 7 heteroatoms. The van der Waals surface area contributed by atoms with Gasteiger partial charge in [-0.15, -0.1) is 0 Å². The zero-order valence-electron chi connectivity index (χ0n) is 16.3. The molecule has 0 radical (unpaired) electrons. The van der Waals surface area contributed by atoms with Crippen LogP contribution in [0.3, 0.4) is 0 Å². The summed E-state index contributed by atoms with van der Waals surface area (Å²) < 4.78 is 12.2. The summed E-state index contributed by atoms with van der Waals surface area (Å²) in [6.45, 7) is 9.83. The molecule has 0 bridgehead atoms. The van der Waals surface area contributed by atoms with Crippen molar-refractivity contribution >= 4 is 32.6 Å². The molecular weight excluding hydrogens is 362 g/mol. The maximum absolute atomic E-state index is 12.7. The molecule has 0 saturated carbocycles. The van der Waals surface area contributed by atoms with Crippen LogP contribution in [0.5, 0.6) is 5.75 Å². The van der Waals surface area contributed by atoms with Gasteiger partial charge in [-0.2, -0.15) is 0 Å². The number of para-hydroxylation sites is 1. The molecule has 0 N–H and O–H groups in total. The lowest BCUT2D eigenvalue weighted by Gasteiger charge is -2.27. The largest absolute Gasteiger partial charge is 0.492 e. The van der Waals surface area contributed by atoms with Crippen molar-refractivity contribution in [2.75, 3.05) is 50.9 Å². The Morgan fingerprint density at radius 3 is 2.89 bits per heavy atom. The Morgan fingerprint density at radius 2 is 2.15 bits per heavy atom. The predicted octanol–water partition coefficient (Wildman–Crippen LogP) is 3.55. The number of rotatable bonds is 9. The summed E-state index contributed by atoms with van der Waals surface area (Å²) in [5.74, 6) is 0.935. The molecule has 2 aromatic rings. The molecule has 2 heterocycles. The van der Waals surface area contributed by atoms with E-state index >= 15 is 0 Å². The lowest BCUT2D eigenvalue weighted by atomic mass is 10.2. The Hall–Kier alpha value is -1.70. The highest BCUT2D eigenvalue weighted by Crippen LogP contribution is 2.34. The van der Waals surface area contributed by atoms with Crippen molar-refractivity contribution in [2.45, 2.75) is 33.1 Å². The Labute approximate surface area is 165 Å². The molecule has 0 atom stereocenters. The van der Waals surface area contributed by atoms with Gasteiger partial charge < -0.3 is 9.47 Å². The van der Waals surface area contributed by atoms with E-state index in [-0.39, 0.29) is 5.91 Å². The zero-order chi connectivity index (χ0) is 19.1. The number of ether oxygens (including phenoxy) is 2. The van der Waals surface area contributed by atoms with Gasteiger partial charge in [-0.25, -0.2) is 4.98 Å². The van der Waals surface area contributed by atoms with Crippen molar-refractivity contribution in [1.82, 2.24) is 9.88 Å². The fraction of sp³-hybridized carbons (Fsp3) is 0.600. The zero-order valence-corrected chi connectivity index (χ0v) is 17.1. The third-order valence-electron chi connectivity index (χ3n) is 4.63. The van der Waals surface area contributed by atoms with Crippen LogP contribution in [0, 0.1) is 0 Å². The van der Waals surface area contributed by atoms with Crippen LogP contribution in [0.2, 0.25) is 0 Å². The average molecular weight is 392 g/mol. The standard InChI is InChI=1S/C20H29N3O3S/c1-3-7-18(24)23(11-6-10-22-12-14-25-15-13-22)20-21-19-16(26-4-2)8-5-9-17(19)27-20/h5,8-9H,3-4,6-7,10-15H2,1-2H3. The molecule has 3 rings (SSSR count). The summed E-state index contributed by atoms with van der Waals surface area (Å²) in [4.78, 5) is 21.8. The minimum atomic E-state index is 0.150. The number of nitrogens with zero attached hydrogens (tertiary/aromatic N) is 3. The van der Waals surface area contributed by atoms with Crippen LogP contribution in [-0.2, 0) is 9.53 Å². The third kappa shape index (κ3) is 5.18.